The van der Waals surface area contributed by atoms with Crippen molar-refractivity contribution < 1.29 is 19.2 Å². The molecule has 26 heavy (non-hydrogen) atoms. The minimum absolute atomic E-state index is 0.208. The molecule has 1 aromatic heterocycles. The molecule has 0 atom stereocenters. The second-order valence-electron chi connectivity index (χ2n) is 6.27. The van der Waals surface area contributed by atoms with E-state index < -0.39 is 30.3 Å². The number of rotatable bonds is 8. The van der Waals surface area contributed by atoms with Crippen molar-refractivity contribution in [2.75, 3.05) is 18.8 Å². The molecular weight excluding hydrogens is 374 g/mol. The number of thioether (sulfide) groups is 1. The van der Waals surface area contributed by atoms with E-state index in [4.69, 9.17) is 0 Å². The van der Waals surface area contributed by atoms with E-state index in [0.717, 1.165) is 47.0 Å². The summed E-state index contributed by atoms with van der Waals surface area (Å²) in [5, 5.41) is 4.72. The summed E-state index contributed by atoms with van der Waals surface area (Å²) < 4.78 is 0. The maximum absolute atomic E-state index is 12.4. The zero-order valence-corrected chi connectivity index (χ0v) is 15.9. The minimum Gasteiger partial charge on any atom is -0.354 e. The Labute approximate surface area is 160 Å². The number of carbonyl (C=O) groups excluding carboxylic acids is 4. The van der Waals surface area contributed by atoms with Crippen molar-refractivity contribution in [3.05, 3.63) is 22.4 Å². The zero-order chi connectivity index (χ0) is 18.5. The van der Waals surface area contributed by atoms with Gasteiger partial charge in [0.15, 0.2) is 0 Å². The Morgan fingerprint density at radius 1 is 1.23 bits per heavy atom. The molecule has 0 bridgehead atoms. The molecule has 1 aliphatic heterocycles. The van der Waals surface area contributed by atoms with Crippen LogP contribution in [0.4, 0.5) is 4.79 Å². The molecule has 7 nitrogen and oxygen atoms in total. The number of hydrogen-bond acceptors (Lipinski definition) is 6. The first-order valence-electron chi connectivity index (χ1n) is 8.64. The number of amides is 5. The lowest BCUT2D eigenvalue weighted by Crippen LogP contribution is -2.43. The Kier molecular flexibility index (Phi) is 6.31. The van der Waals surface area contributed by atoms with Crippen LogP contribution >= 0.6 is 23.1 Å². The van der Waals surface area contributed by atoms with Gasteiger partial charge in [-0.3, -0.25) is 19.3 Å². The normalized spacial score (nSPS) is 18.2. The summed E-state index contributed by atoms with van der Waals surface area (Å²) in [5.74, 6) is -0.505. The van der Waals surface area contributed by atoms with Gasteiger partial charge in [-0.2, -0.15) is 11.8 Å². The van der Waals surface area contributed by atoms with Crippen molar-refractivity contribution in [1.82, 2.24) is 15.1 Å². The smallest absolute Gasteiger partial charge is 0.334 e. The van der Waals surface area contributed by atoms with E-state index in [1.54, 1.807) is 23.1 Å². The van der Waals surface area contributed by atoms with Gasteiger partial charge < -0.3 is 5.32 Å². The van der Waals surface area contributed by atoms with Crippen LogP contribution in [0, 0.1) is 0 Å². The highest BCUT2D eigenvalue weighted by molar-refractivity contribution is 7.98. The highest BCUT2D eigenvalue weighted by atomic mass is 32.2. The highest BCUT2D eigenvalue weighted by Gasteiger charge is 2.48. The van der Waals surface area contributed by atoms with Gasteiger partial charge in [0.1, 0.15) is 6.54 Å². The predicted octanol–water partition coefficient (Wildman–Crippen LogP) is 1.83. The van der Waals surface area contributed by atoms with E-state index in [0.29, 0.717) is 6.54 Å². The lowest BCUT2D eigenvalue weighted by atomic mass is 10.2. The summed E-state index contributed by atoms with van der Waals surface area (Å²) in [5.41, 5.74) is 0. The van der Waals surface area contributed by atoms with Crippen LogP contribution in [0.3, 0.4) is 0 Å². The van der Waals surface area contributed by atoms with E-state index in [-0.39, 0.29) is 6.04 Å². The molecule has 0 aromatic carbocycles. The first-order valence-corrected chi connectivity index (χ1v) is 10.7. The molecule has 1 saturated carbocycles. The topological polar surface area (TPSA) is 86.8 Å². The van der Waals surface area contributed by atoms with Gasteiger partial charge in [-0.05, 0) is 24.3 Å². The SMILES string of the molecule is O=C(CN1C(=O)C(=O)N(C2CCCC2)C1=O)NCCSCc1cccs1. The minimum atomic E-state index is -0.899. The number of thiophene rings is 1. The van der Waals surface area contributed by atoms with Gasteiger partial charge in [0.25, 0.3) is 0 Å². The maximum atomic E-state index is 12.4. The maximum Gasteiger partial charge on any atom is 0.334 e. The predicted molar refractivity (Wildman–Crippen MR) is 99.7 cm³/mol. The van der Waals surface area contributed by atoms with Crippen LogP contribution in [0.2, 0.25) is 0 Å². The third kappa shape index (κ3) is 4.27. The number of imide groups is 2. The summed E-state index contributed by atoms with van der Waals surface area (Å²) in [7, 11) is 0. The lowest BCUT2D eigenvalue weighted by Gasteiger charge is -2.20. The molecule has 1 aliphatic carbocycles. The largest absolute Gasteiger partial charge is 0.354 e. The Morgan fingerprint density at radius 2 is 2.00 bits per heavy atom. The van der Waals surface area contributed by atoms with E-state index in [1.807, 2.05) is 11.4 Å². The number of hydrogen-bond donors (Lipinski definition) is 1. The van der Waals surface area contributed by atoms with E-state index >= 15 is 0 Å². The second kappa shape index (κ2) is 8.68. The van der Waals surface area contributed by atoms with Crippen molar-refractivity contribution in [1.29, 1.82) is 0 Å². The quantitative estimate of drug-likeness (QED) is 0.412. The van der Waals surface area contributed by atoms with Gasteiger partial charge >= 0.3 is 17.8 Å². The third-order valence-corrected chi connectivity index (χ3v) is 6.54. The van der Waals surface area contributed by atoms with E-state index in [9.17, 15) is 19.2 Å². The van der Waals surface area contributed by atoms with Crippen LogP contribution in [-0.4, -0.2) is 58.4 Å². The molecule has 1 aromatic rings. The van der Waals surface area contributed by atoms with Crippen LogP contribution in [0.25, 0.3) is 0 Å². The molecule has 0 spiro atoms. The first kappa shape index (κ1) is 18.9. The zero-order valence-electron chi connectivity index (χ0n) is 14.3. The molecule has 2 heterocycles. The summed E-state index contributed by atoms with van der Waals surface area (Å²) in [4.78, 5) is 51.6. The Bertz CT molecular complexity index is 686. The molecule has 2 fully saturated rings. The Balaban J connectivity index is 1.42. The van der Waals surface area contributed by atoms with Gasteiger partial charge in [-0.1, -0.05) is 18.9 Å². The van der Waals surface area contributed by atoms with Gasteiger partial charge in [0.05, 0.1) is 0 Å². The molecule has 140 valence electrons. The van der Waals surface area contributed by atoms with Crippen LogP contribution in [-0.2, 0) is 20.1 Å². The fourth-order valence-electron chi connectivity index (χ4n) is 3.18. The number of urea groups is 1. The van der Waals surface area contributed by atoms with Gasteiger partial charge in [0, 0.05) is 29.0 Å². The molecule has 1 N–H and O–H groups in total. The average Bonchev–Trinajstić information content (AvgIpc) is 3.35. The summed E-state index contributed by atoms with van der Waals surface area (Å²) in [6.45, 7) is 0.0492. The molecule has 9 heteroatoms. The number of carbonyl (C=O) groups is 4. The van der Waals surface area contributed by atoms with E-state index in [1.165, 1.54) is 4.88 Å². The lowest BCUT2D eigenvalue weighted by molar-refractivity contribution is -0.144. The summed E-state index contributed by atoms with van der Waals surface area (Å²) in [6.07, 6.45) is 3.34. The average molecular weight is 396 g/mol. The van der Waals surface area contributed by atoms with Crippen molar-refractivity contribution in [2.45, 2.75) is 37.5 Å². The number of nitrogens with one attached hydrogen (secondary N) is 1. The van der Waals surface area contributed by atoms with Gasteiger partial charge in [-0.25, -0.2) is 9.69 Å². The van der Waals surface area contributed by atoms with Crippen molar-refractivity contribution in [2.24, 2.45) is 0 Å². The first-order chi connectivity index (χ1) is 12.6. The molecule has 1 saturated heterocycles. The van der Waals surface area contributed by atoms with Crippen molar-refractivity contribution in [3.8, 4) is 0 Å². The highest BCUT2D eigenvalue weighted by Crippen LogP contribution is 2.27. The Morgan fingerprint density at radius 3 is 2.69 bits per heavy atom. The van der Waals surface area contributed by atoms with Gasteiger partial charge in [0.2, 0.25) is 5.91 Å². The fourth-order valence-corrected chi connectivity index (χ4v) is 4.88. The monoisotopic (exact) mass is 395 g/mol. The van der Waals surface area contributed by atoms with E-state index in [2.05, 4.69) is 11.4 Å². The standard InChI is InChI=1S/C17H21N3O4S2/c21-14(18-7-9-25-11-13-6-3-8-26-13)10-19-15(22)16(23)20(17(19)24)12-4-1-2-5-12/h3,6,8,12H,1-2,4-5,7,9-11H2,(H,18,21). The number of nitrogens with zero attached hydrogens (tertiary/aromatic N) is 2. The molecule has 0 unspecified atom stereocenters. The molecule has 5 amide bonds. The Hall–Kier alpha value is -1.87. The van der Waals surface area contributed by atoms with Crippen LogP contribution < -0.4 is 5.32 Å². The summed E-state index contributed by atoms with van der Waals surface area (Å²) in [6, 6.07) is 3.20. The van der Waals surface area contributed by atoms with Gasteiger partial charge in [-0.15, -0.1) is 11.3 Å². The van der Waals surface area contributed by atoms with Crippen LogP contribution in [0.15, 0.2) is 17.5 Å². The van der Waals surface area contributed by atoms with Crippen molar-refractivity contribution in [3.63, 3.8) is 0 Å². The molecule has 0 radical (unpaired) electrons. The summed E-state index contributed by atoms with van der Waals surface area (Å²) >= 11 is 3.39. The van der Waals surface area contributed by atoms with Crippen molar-refractivity contribution >= 4 is 46.9 Å². The molecule has 3 rings (SSSR count). The van der Waals surface area contributed by atoms with Crippen LogP contribution in [0.5, 0.6) is 0 Å². The van der Waals surface area contributed by atoms with Crippen LogP contribution in [0.1, 0.15) is 30.6 Å². The second-order valence-corrected chi connectivity index (χ2v) is 8.41. The molecule has 2 aliphatic rings. The fraction of sp³-hybridized carbons (Fsp3) is 0.529. The molecular formula is C17H21N3O4S2. The third-order valence-electron chi connectivity index (χ3n) is 4.47.